The molecule has 0 spiro atoms. The van der Waals surface area contributed by atoms with Crippen LogP contribution in [0.1, 0.15) is 36.0 Å². The molecule has 4 heterocycles. The van der Waals surface area contributed by atoms with Crippen LogP contribution in [0.15, 0.2) is 24.7 Å². The number of H-pyrrole nitrogens is 1. The van der Waals surface area contributed by atoms with Crippen LogP contribution >= 0.6 is 0 Å². The van der Waals surface area contributed by atoms with Crippen molar-refractivity contribution in [2.24, 2.45) is 5.92 Å². The summed E-state index contributed by atoms with van der Waals surface area (Å²) in [5.41, 5.74) is 3.08. The quantitative estimate of drug-likeness (QED) is 0.546. The molecule has 2 aromatic heterocycles. The minimum absolute atomic E-state index is 0.118. The van der Waals surface area contributed by atoms with E-state index in [-0.39, 0.29) is 18.7 Å². The molecule has 0 unspecified atom stereocenters. The third-order valence-corrected chi connectivity index (χ3v) is 6.25. The summed E-state index contributed by atoms with van der Waals surface area (Å²) in [6.45, 7) is 2.59. The van der Waals surface area contributed by atoms with Gasteiger partial charge in [0.15, 0.2) is 11.5 Å². The summed E-state index contributed by atoms with van der Waals surface area (Å²) < 4.78 is 17.5. The summed E-state index contributed by atoms with van der Waals surface area (Å²) in [7, 11) is 0. The minimum atomic E-state index is -0.141. The van der Waals surface area contributed by atoms with Gasteiger partial charge in [-0.2, -0.15) is 0 Å². The number of rotatable bonds is 6. The third kappa shape index (κ3) is 3.52. The Hall–Kier alpha value is -3.33. The lowest BCUT2D eigenvalue weighted by Crippen LogP contribution is -2.45. The average Bonchev–Trinajstić information content (AvgIpc) is 3.34. The van der Waals surface area contributed by atoms with Crippen LogP contribution in [0.5, 0.6) is 17.2 Å². The number of ether oxygens (including phenoxy) is 3. The second-order valence-electron chi connectivity index (χ2n) is 8.59. The number of aromatic amines is 1. The highest BCUT2D eigenvalue weighted by atomic mass is 16.7. The van der Waals surface area contributed by atoms with Crippen LogP contribution in [0.2, 0.25) is 0 Å². The van der Waals surface area contributed by atoms with Gasteiger partial charge in [-0.25, -0.2) is 9.97 Å². The third-order valence-electron chi connectivity index (χ3n) is 6.25. The number of carbonyl (C=O) groups is 1. The Bertz CT molecular complexity index is 1170. The van der Waals surface area contributed by atoms with Crippen molar-refractivity contribution in [2.45, 2.75) is 31.7 Å². The van der Waals surface area contributed by atoms with Gasteiger partial charge in [0, 0.05) is 18.8 Å². The van der Waals surface area contributed by atoms with Crippen LogP contribution in [0.25, 0.3) is 22.3 Å². The maximum atomic E-state index is 13.0. The molecule has 1 aliphatic carbocycles. The van der Waals surface area contributed by atoms with Crippen molar-refractivity contribution in [3.8, 4) is 28.5 Å². The average molecular weight is 435 g/mol. The molecule has 3 N–H and O–H groups in total. The van der Waals surface area contributed by atoms with Crippen molar-refractivity contribution in [3.63, 3.8) is 0 Å². The molecule has 2 aliphatic heterocycles. The van der Waals surface area contributed by atoms with Crippen LogP contribution in [0, 0.1) is 5.92 Å². The Kier molecular flexibility index (Phi) is 4.83. The van der Waals surface area contributed by atoms with Crippen molar-refractivity contribution >= 4 is 16.9 Å². The van der Waals surface area contributed by atoms with Gasteiger partial charge < -0.3 is 29.8 Å². The zero-order chi connectivity index (χ0) is 21.5. The summed E-state index contributed by atoms with van der Waals surface area (Å²) in [5.74, 6) is 2.41. The number of nitrogens with one attached hydrogen (secondary N) is 3. The molecule has 0 bridgehead atoms. The summed E-state index contributed by atoms with van der Waals surface area (Å²) >= 11 is 0. The largest absolute Gasteiger partial charge is 0.492 e. The van der Waals surface area contributed by atoms with Gasteiger partial charge in [0.1, 0.15) is 23.3 Å². The molecule has 1 amide bonds. The van der Waals surface area contributed by atoms with Gasteiger partial charge in [0.05, 0.1) is 23.3 Å². The van der Waals surface area contributed by atoms with Gasteiger partial charge in [0.2, 0.25) is 6.79 Å². The van der Waals surface area contributed by atoms with E-state index in [1.54, 1.807) is 6.20 Å². The molecular weight excluding hydrogens is 410 g/mol. The molecule has 9 heteroatoms. The van der Waals surface area contributed by atoms with E-state index in [1.807, 2.05) is 12.1 Å². The molecule has 1 aromatic carbocycles. The number of benzene rings is 1. The number of amides is 1. The second kappa shape index (κ2) is 7.98. The van der Waals surface area contributed by atoms with E-state index in [1.165, 1.54) is 19.2 Å². The number of aromatic nitrogens is 3. The van der Waals surface area contributed by atoms with E-state index in [0.29, 0.717) is 52.1 Å². The van der Waals surface area contributed by atoms with E-state index >= 15 is 0 Å². The van der Waals surface area contributed by atoms with Gasteiger partial charge in [0.25, 0.3) is 5.91 Å². The smallest absolute Gasteiger partial charge is 0.255 e. The Balaban J connectivity index is 1.38. The monoisotopic (exact) mass is 435 g/mol. The van der Waals surface area contributed by atoms with Gasteiger partial charge in [-0.1, -0.05) is 0 Å². The van der Waals surface area contributed by atoms with E-state index in [4.69, 9.17) is 14.2 Å². The highest BCUT2D eigenvalue weighted by Gasteiger charge is 2.29. The van der Waals surface area contributed by atoms with Crippen molar-refractivity contribution in [2.75, 3.05) is 26.5 Å². The molecule has 3 aliphatic rings. The lowest BCUT2D eigenvalue weighted by molar-refractivity contribution is 0.0932. The van der Waals surface area contributed by atoms with Crippen molar-refractivity contribution in [1.29, 1.82) is 0 Å². The van der Waals surface area contributed by atoms with Gasteiger partial charge in [-0.15, -0.1) is 0 Å². The summed E-state index contributed by atoms with van der Waals surface area (Å²) in [5, 5.41) is 6.43. The fourth-order valence-corrected chi connectivity index (χ4v) is 4.33. The van der Waals surface area contributed by atoms with E-state index in [9.17, 15) is 4.79 Å². The fraction of sp³-hybridized carbons (Fsp3) is 0.435. The first-order chi connectivity index (χ1) is 15.8. The number of carbonyl (C=O) groups excluding carboxylic acids is 1. The maximum absolute atomic E-state index is 13.0. The Morgan fingerprint density at radius 3 is 3.00 bits per heavy atom. The predicted octanol–water partition coefficient (Wildman–Crippen LogP) is 2.62. The highest BCUT2D eigenvalue weighted by molar-refractivity contribution is 6.08. The first-order valence-corrected chi connectivity index (χ1v) is 11.2. The molecule has 1 saturated heterocycles. The summed E-state index contributed by atoms with van der Waals surface area (Å²) in [4.78, 5) is 25.2. The predicted molar refractivity (Wildman–Crippen MR) is 117 cm³/mol. The molecule has 3 aromatic rings. The van der Waals surface area contributed by atoms with Gasteiger partial charge >= 0.3 is 0 Å². The Morgan fingerprint density at radius 2 is 2.16 bits per heavy atom. The number of nitrogens with zero attached hydrogens (tertiary/aromatic N) is 2. The molecule has 2 fully saturated rings. The number of hydrogen-bond acceptors (Lipinski definition) is 7. The second-order valence-corrected chi connectivity index (χ2v) is 8.59. The van der Waals surface area contributed by atoms with Crippen LogP contribution in [-0.2, 0) is 0 Å². The molecule has 32 heavy (non-hydrogen) atoms. The Morgan fingerprint density at radius 1 is 1.22 bits per heavy atom. The van der Waals surface area contributed by atoms with E-state index < -0.39 is 0 Å². The van der Waals surface area contributed by atoms with Gasteiger partial charge in [-0.3, -0.25) is 4.79 Å². The van der Waals surface area contributed by atoms with E-state index in [2.05, 4.69) is 25.6 Å². The van der Waals surface area contributed by atoms with E-state index in [0.717, 1.165) is 31.5 Å². The normalized spacial score (nSPS) is 19.8. The topological polar surface area (TPSA) is 110 Å². The molecule has 1 atom stereocenters. The first kappa shape index (κ1) is 19.4. The molecule has 166 valence electrons. The zero-order valence-electron chi connectivity index (χ0n) is 17.6. The summed E-state index contributed by atoms with van der Waals surface area (Å²) in [6.07, 6.45) is 7.59. The molecule has 0 radical (unpaired) electrons. The first-order valence-electron chi connectivity index (χ1n) is 11.2. The number of fused-ring (bicyclic) bond motifs is 2. The van der Waals surface area contributed by atoms with Crippen LogP contribution in [0.4, 0.5) is 0 Å². The Labute approximate surface area is 184 Å². The fourth-order valence-electron chi connectivity index (χ4n) is 4.33. The molecule has 9 nitrogen and oxygen atoms in total. The zero-order valence-corrected chi connectivity index (χ0v) is 17.6. The summed E-state index contributed by atoms with van der Waals surface area (Å²) in [6, 6.07) is 3.87. The highest BCUT2D eigenvalue weighted by Crippen LogP contribution is 2.48. The molecule has 6 rings (SSSR count). The van der Waals surface area contributed by atoms with Crippen molar-refractivity contribution in [3.05, 3.63) is 30.2 Å². The lowest BCUT2D eigenvalue weighted by Gasteiger charge is -2.23. The van der Waals surface area contributed by atoms with Crippen molar-refractivity contribution < 1.29 is 19.0 Å². The standard InChI is InChI=1S/C23H25N5O4/c29-23(28-14-2-1-7-24-8-14)15-9-25-21-19(15)26-11-27-20(21)18-16(30-10-13-3-4-13)5-6-17-22(18)32-12-31-17/h5-6,9,11,13-14,24-25H,1-4,7-8,10,12H2,(H,28,29)/t14-/m0/s1. The number of piperidine rings is 1. The molecular formula is C23H25N5O4. The van der Waals surface area contributed by atoms with Crippen LogP contribution < -0.4 is 24.8 Å². The van der Waals surface area contributed by atoms with Crippen molar-refractivity contribution in [1.82, 2.24) is 25.6 Å². The lowest BCUT2D eigenvalue weighted by atomic mass is 10.1. The minimum Gasteiger partial charge on any atom is -0.492 e. The van der Waals surface area contributed by atoms with Gasteiger partial charge in [-0.05, 0) is 50.3 Å². The van der Waals surface area contributed by atoms with Crippen LogP contribution in [0.3, 0.4) is 0 Å². The SMILES string of the molecule is O=C(N[C@H]1CCCNC1)c1c[nH]c2c(-c3c(OCC4CC4)ccc4c3OCO4)ncnc12. The molecule has 1 saturated carbocycles. The van der Waals surface area contributed by atoms with Crippen LogP contribution in [-0.4, -0.2) is 53.4 Å². The number of hydrogen-bond donors (Lipinski definition) is 3. The maximum Gasteiger partial charge on any atom is 0.255 e.